The van der Waals surface area contributed by atoms with E-state index in [4.69, 9.17) is 4.74 Å². The molecule has 1 saturated heterocycles. The Labute approximate surface area is 163 Å². The maximum Gasteiger partial charge on any atom is 0.237 e. The molecule has 9 heteroatoms. The molecule has 8 nitrogen and oxygen atoms in total. The fourth-order valence-corrected chi connectivity index (χ4v) is 3.56. The molecule has 146 valence electrons. The Balaban J connectivity index is 1.60. The summed E-state index contributed by atoms with van der Waals surface area (Å²) in [5.41, 5.74) is 1.87. The van der Waals surface area contributed by atoms with Crippen LogP contribution < -0.4 is 15.1 Å². The van der Waals surface area contributed by atoms with Crippen LogP contribution in [0, 0.1) is 0 Å². The maximum atomic E-state index is 12.5. The molecule has 1 aliphatic rings. The molecule has 0 saturated carbocycles. The molecule has 3 rings (SSSR count). The monoisotopic (exact) mass is 390 g/mol. The lowest BCUT2D eigenvalue weighted by Gasteiger charge is -2.27. The summed E-state index contributed by atoms with van der Waals surface area (Å²) in [7, 11) is 5.90. The Hall–Kier alpha value is -2.26. The van der Waals surface area contributed by atoms with Gasteiger partial charge in [0.25, 0.3) is 0 Å². The minimum Gasteiger partial charge on any atom is -0.378 e. The highest BCUT2D eigenvalue weighted by Crippen LogP contribution is 2.26. The van der Waals surface area contributed by atoms with Gasteiger partial charge >= 0.3 is 0 Å². The first-order valence-electron chi connectivity index (χ1n) is 8.92. The molecule has 0 bridgehead atoms. The van der Waals surface area contributed by atoms with E-state index >= 15 is 0 Å². The van der Waals surface area contributed by atoms with Gasteiger partial charge in [0.2, 0.25) is 11.9 Å². The van der Waals surface area contributed by atoms with Gasteiger partial charge in [-0.2, -0.15) is 0 Å². The van der Waals surface area contributed by atoms with Crippen LogP contribution in [0.1, 0.15) is 6.92 Å². The zero-order valence-corrected chi connectivity index (χ0v) is 17.0. The Kier molecular flexibility index (Phi) is 6.22. The predicted octanol–water partition coefficient (Wildman–Crippen LogP) is 1.84. The summed E-state index contributed by atoms with van der Waals surface area (Å²) < 4.78 is 7.32. The lowest BCUT2D eigenvalue weighted by molar-refractivity contribution is -0.115. The number of benzene rings is 1. The predicted molar refractivity (Wildman–Crippen MR) is 109 cm³/mol. The lowest BCUT2D eigenvalue weighted by atomic mass is 10.2. The zero-order valence-electron chi connectivity index (χ0n) is 16.2. The smallest absolute Gasteiger partial charge is 0.237 e. The van der Waals surface area contributed by atoms with Crippen LogP contribution in [0.2, 0.25) is 0 Å². The third-order valence-corrected chi connectivity index (χ3v) is 5.54. The third-order valence-electron chi connectivity index (χ3n) is 4.41. The van der Waals surface area contributed by atoms with Gasteiger partial charge in [-0.05, 0) is 31.2 Å². The SMILES string of the molecule is CC(Sc1nnc(N2CCOCC2)n1C)C(=O)Nc1ccc(N(C)C)cc1. The Morgan fingerprint density at radius 1 is 1.22 bits per heavy atom. The van der Waals surface area contributed by atoms with Crippen molar-refractivity contribution in [1.82, 2.24) is 14.8 Å². The number of morpholine rings is 1. The minimum absolute atomic E-state index is 0.0616. The topological polar surface area (TPSA) is 75.5 Å². The van der Waals surface area contributed by atoms with E-state index in [1.165, 1.54) is 11.8 Å². The van der Waals surface area contributed by atoms with E-state index in [9.17, 15) is 4.79 Å². The van der Waals surface area contributed by atoms with Crippen molar-refractivity contribution >= 4 is 35.0 Å². The number of thioether (sulfide) groups is 1. The number of ether oxygens (including phenoxy) is 1. The minimum atomic E-state index is -0.293. The molecule has 1 unspecified atom stereocenters. The Bertz CT molecular complexity index is 771. The van der Waals surface area contributed by atoms with Crippen LogP contribution in [-0.2, 0) is 16.6 Å². The van der Waals surface area contributed by atoms with Gasteiger partial charge in [0.05, 0.1) is 18.5 Å². The first-order valence-corrected chi connectivity index (χ1v) is 9.80. The third kappa shape index (κ3) is 4.72. The molecule has 1 N–H and O–H groups in total. The Morgan fingerprint density at radius 3 is 2.52 bits per heavy atom. The highest BCUT2D eigenvalue weighted by atomic mass is 32.2. The van der Waals surface area contributed by atoms with Gasteiger partial charge in [-0.15, -0.1) is 10.2 Å². The average Bonchev–Trinajstić information content (AvgIpc) is 3.03. The first-order chi connectivity index (χ1) is 13.0. The van der Waals surface area contributed by atoms with Crippen molar-refractivity contribution in [2.75, 3.05) is 55.5 Å². The van der Waals surface area contributed by atoms with Gasteiger partial charge in [0, 0.05) is 45.6 Å². The summed E-state index contributed by atoms with van der Waals surface area (Å²) in [5, 5.41) is 11.9. The molecule has 1 fully saturated rings. The van der Waals surface area contributed by atoms with Crippen molar-refractivity contribution in [2.24, 2.45) is 7.05 Å². The second-order valence-corrected chi connectivity index (χ2v) is 7.94. The second kappa shape index (κ2) is 8.62. The van der Waals surface area contributed by atoms with Crippen LogP contribution >= 0.6 is 11.8 Å². The summed E-state index contributed by atoms with van der Waals surface area (Å²) in [5.74, 6) is 0.751. The van der Waals surface area contributed by atoms with E-state index in [1.54, 1.807) is 0 Å². The van der Waals surface area contributed by atoms with Crippen LogP contribution in [0.3, 0.4) is 0 Å². The van der Waals surface area contributed by atoms with Crippen molar-refractivity contribution in [1.29, 1.82) is 0 Å². The van der Waals surface area contributed by atoms with Crippen molar-refractivity contribution < 1.29 is 9.53 Å². The van der Waals surface area contributed by atoms with Gasteiger partial charge in [-0.25, -0.2) is 0 Å². The highest BCUT2D eigenvalue weighted by molar-refractivity contribution is 8.00. The van der Waals surface area contributed by atoms with E-state index < -0.39 is 0 Å². The lowest BCUT2D eigenvalue weighted by Crippen LogP contribution is -2.37. The van der Waals surface area contributed by atoms with Gasteiger partial charge in [-0.3, -0.25) is 9.36 Å². The molecule has 1 atom stereocenters. The molecular formula is C18H26N6O2S. The summed E-state index contributed by atoms with van der Waals surface area (Å²) in [4.78, 5) is 16.7. The van der Waals surface area contributed by atoms with Gasteiger partial charge in [-0.1, -0.05) is 11.8 Å². The summed E-state index contributed by atoms with van der Waals surface area (Å²) in [6.45, 7) is 4.87. The molecule has 0 aliphatic carbocycles. The van der Waals surface area contributed by atoms with Crippen molar-refractivity contribution in [3.05, 3.63) is 24.3 Å². The number of nitrogens with zero attached hydrogens (tertiary/aromatic N) is 5. The highest BCUT2D eigenvalue weighted by Gasteiger charge is 2.22. The standard InChI is InChI=1S/C18H26N6O2S/c1-13(16(25)19-14-5-7-15(8-6-14)22(2)3)27-18-21-20-17(23(18)4)24-9-11-26-12-10-24/h5-8,13H,9-12H2,1-4H3,(H,19,25). The van der Waals surface area contributed by atoms with Crippen molar-refractivity contribution in [2.45, 2.75) is 17.3 Å². The molecule has 2 heterocycles. The number of anilines is 3. The number of nitrogens with one attached hydrogen (secondary N) is 1. The largest absolute Gasteiger partial charge is 0.378 e. The molecule has 27 heavy (non-hydrogen) atoms. The second-order valence-electron chi connectivity index (χ2n) is 6.63. The average molecular weight is 391 g/mol. The number of carbonyl (C=O) groups excluding carboxylic acids is 1. The fraction of sp³-hybridized carbons (Fsp3) is 0.500. The number of hydrogen-bond acceptors (Lipinski definition) is 7. The van der Waals surface area contributed by atoms with E-state index in [0.29, 0.717) is 13.2 Å². The maximum absolute atomic E-state index is 12.5. The van der Waals surface area contributed by atoms with Gasteiger partial charge in [0.15, 0.2) is 5.16 Å². The molecule has 1 aliphatic heterocycles. The number of rotatable bonds is 6. The molecule has 2 aromatic rings. The first kappa shape index (κ1) is 19.5. The molecule has 0 spiro atoms. The zero-order chi connectivity index (χ0) is 19.4. The normalized spacial score (nSPS) is 15.5. The van der Waals surface area contributed by atoms with Gasteiger partial charge < -0.3 is 19.9 Å². The van der Waals surface area contributed by atoms with Crippen LogP contribution in [-0.4, -0.2) is 66.3 Å². The summed E-state index contributed by atoms with van der Waals surface area (Å²) in [6.07, 6.45) is 0. The van der Waals surface area contributed by atoms with E-state index in [1.807, 2.05) is 61.8 Å². The summed E-state index contributed by atoms with van der Waals surface area (Å²) >= 11 is 1.40. The number of hydrogen-bond donors (Lipinski definition) is 1. The van der Waals surface area contributed by atoms with Crippen molar-refractivity contribution in [3.63, 3.8) is 0 Å². The van der Waals surface area contributed by atoms with Crippen LogP contribution in [0.25, 0.3) is 0 Å². The number of amides is 1. The molecular weight excluding hydrogens is 364 g/mol. The molecule has 1 aromatic carbocycles. The van der Waals surface area contributed by atoms with E-state index in [0.717, 1.165) is 35.6 Å². The van der Waals surface area contributed by atoms with E-state index in [2.05, 4.69) is 20.4 Å². The number of aromatic nitrogens is 3. The molecule has 0 radical (unpaired) electrons. The quantitative estimate of drug-likeness (QED) is 0.754. The van der Waals surface area contributed by atoms with E-state index in [-0.39, 0.29) is 11.2 Å². The molecule has 1 amide bonds. The summed E-state index contributed by atoms with van der Waals surface area (Å²) in [6, 6.07) is 7.77. The van der Waals surface area contributed by atoms with Crippen molar-refractivity contribution in [3.8, 4) is 0 Å². The van der Waals surface area contributed by atoms with Crippen LogP contribution in [0.5, 0.6) is 0 Å². The fourth-order valence-electron chi connectivity index (χ4n) is 2.75. The molecule has 1 aromatic heterocycles. The van der Waals surface area contributed by atoms with Crippen LogP contribution in [0.15, 0.2) is 29.4 Å². The van der Waals surface area contributed by atoms with Gasteiger partial charge in [0.1, 0.15) is 0 Å². The number of carbonyl (C=O) groups is 1. The Morgan fingerprint density at radius 2 is 1.89 bits per heavy atom. The van der Waals surface area contributed by atoms with Crippen LogP contribution in [0.4, 0.5) is 17.3 Å².